The van der Waals surface area contributed by atoms with Crippen LogP contribution in [0.1, 0.15) is 24.0 Å². The minimum absolute atomic E-state index is 0.205. The smallest absolute Gasteiger partial charge is 0.223 e. The van der Waals surface area contributed by atoms with Gasteiger partial charge in [0.2, 0.25) is 5.91 Å². The molecule has 3 heteroatoms. The lowest BCUT2D eigenvalue weighted by atomic mass is 10.1. The van der Waals surface area contributed by atoms with Gasteiger partial charge < -0.3 is 10.1 Å². The fourth-order valence-electron chi connectivity index (χ4n) is 1.91. The molecule has 1 aromatic carbocycles. The van der Waals surface area contributed by atoms with E-state index >= 15 is 0 Å². The van der Waals surface area contributed by atoms with Crippen LogP contribution in [0.15, 0.2) is 18.2 Å². The molecule has 1 N–H and O–H groups in total. The predicted octanol–water partition coefficient (Wildman–Crippen LogP) is 2.07. The topological polar surface area (TPSA) is 38.3 Å². The molecule has 0 aliphatic heterocycles. The fraction of sp³-hybridized carbons (Fsp3) is 0.500. The van der Waals surface area contributed by atoms with Crippen LogP contribution in [0.2, 0.25) is 0 Å². The maximum atomic E-state index is 11.5. The molecule has 0 spiro atoms. The second-order valence-electron chi connectivity index (χ2n) is 4.63. The summed E-state index contributed by atoms with van der Waals surface area (Å²) in [4.78, 5) is 11.5. The molecule has 1 aromatic rings. The molecule has 0 atom stereocenters. The van der Waals surface area contributed by atoms with Crippen LogP contribution in [0.5, 0.6) is 5.75 Å². The molecule has 1 aliphatic rings. The van der Waals surface area contributed by atoms with E-state index in [1.54, 1.807) is 7.11 Å². The molecule has 0 saturated heterocycles. The monoisotopic (exact) mass is 233 g/mol. The average Bonchev–Trinajstić information content (AvgIpc) is 3.13. The third-order valence-electron chi connectivity index (χ3n) is 3.08. The first-order valence-corrected chi connectivity index (χ1v) is 6.12. The van der Waals surface area contributed by atoms with Gasteiger partial charge in [-0.3, -0.25) is 4.79 Å². The number of nitrogens with one attached hydrogen (secondary N) is 1. The minimum atomic E-state index is 0.205. The van der Waals surface area contributed by atoms with Gasteiger partial charge in [-0.1, -0.05) is 17.7 Å². The molecular formula is C14H19NO2. The molecule has 2 rings (SSSR count). The molecule has 1 fully saturated rings. The van der Waals surface area contributed by atoms with E-state index in [1.165, 1.54) is 5.56 Å². The molecule has 0 unspecified atom stereocenters. The SMILES string of the molecule is COc1ccc(C)cc1CCNC(=O)C1CC1. The molecule has 0 radical (unpaired) electrons. The third kappa shape index (κ3) is 3.22. The van der Waals surface area contributed by atoms with Gasteiger partial charge in [-0.25, -0.2) is 0 Å². The Kier molecular flexibility index (Phi) is 3.67. The van der Waals surface area contributed by atoms with Gasteiger partial charge in [0.1, 0.15) is 5.75 Å². The Morgan fingerprint density at radius 2 is 2.24 bits per heavy atom. The van der Waals surface area contributed by atoms with Gasteiger partial charge in [0, 0.05) is 12.5 Å². The van der Waals surface area contributed by atoms with Crippen LogP contribution in [0.4, 0.5) is 0 Å². The highest BCUT2D eigenvalue weighted by molar-refractivity contribution is 5.80. The van der Waals surface area contributed by atoms with Gasteiger partial charge in [0.15, 0.2) is 0 Å². The molecule has 0 bridgehead atoms. The van der Waals surface area contributed by atoms with Crippen molar-refractivity contribution in [2.24, 2.45) is 5.92 Å². The normalized spacial score (nSPS) is 14.5. The second kappa shape index (κ2) is 5.21. The summed E-state index contributed by atoms with van der Waals surface area (Å²) in [6, 6.07) is 6.13. The van der Waals surface area contributed by atoms with E-state index < -0.39 is 0 Å². The van der Waals surface area contributed by atoms with E-state index in [2.05, 4.69) is 18.3 Å². The van der Waals surface area contributed by atoms with Crippen LogP contribution in [-0.4, -0.2) is 19.6 Å². The van der Waals surface area contributed by atoms with E-state index in [4.69, 9.17) is 4.74 Å². The number of rotatable bonds is 5. The van der Waals surface area contributed by atoms with Crippen molar-refractivity contribution in [1.82, 2.24) is 5.32 Å². The van der Waals surface area contributed by atoms with Gasteiger partial charge in [0.25, 0.3) is 0 Å². The first-order valence-electron chi connectivity index (χ1n) is 6.12. The van der Waals surface area contributed by atoms with Crippen molar-refractivity contribution in [1.29, 1.82) is 0 Å². The first kappa shape index (κ1) is 12.0. The summed E-state index contributed by atoms with van der Waals surface area (Å²) in [7, 11) is 1.68. The van der Waals surface area contributed by atoms with Gasteiger partial charge in [-0.2, -0.15) is 0 Å². The zero-order valence-corrected chi connectivity index (χ0v) is 10.5. The highest BCUT2D eigenvalue weighted by Gasteiger charge is 2.29. The van der Waals surface area contributed by atoms with E-state index in [1.807, 2.05) is 12.1 Å². The average molecular weight is 233 g/mol. The van der Waals surface area contributed by atoms with Crippen LogP contribution in [0.3, 0.4) is 0 Å². The predicted molar refractivity (Wildman–Crippen MR) is 67.2 cm³/mol. The molecular weight excluding hydrogens is 214 g/mol. The zero-order chi connectivity index (χ0) is 12.3. The summed E-state index contributed by atoms with van der Waals surface area (Å²) in [5, 5.41) is 2.97. The third-order valence-corrected chi connectivity index (χ3v) is 3.08. The maximum absolute atomic E-state index is 11.5. The first-order chi connectivity index (χ1) is 8.20. The summed E-state index contributed by atoms with van der Waals surface area (Å²) >= 11 is 0. The highest BCUT2D eigenvalue weighted by atomic mass is 16.5. The number of ether oxygens (including phenoxy) is 1. The summed E-state index contributed by atoms with van der Waals surface area (Å²) in [6.45, 7) is 2.75. The molecule has 0 aromatic heterocycles. The Bertz CT molecular complexity index is 411. The molecule has 1 aliphatic carbocycles. The standard InChI is InChI=1S/C14H19NO2/c1-10-3-6-13(17-2)12(9-10)7-8-15-14(16)11-4-5-11/h3,6,9,11H,4-5,7-8H2,1-2H3,(H,15,16). The number of amides is 1. The number of hydrogen-bond donors (Lipinski definition) is 1. The van der Waals surface area contributed by atoms with Crippen LogP contribution < -0.4 is 10.1 Å². The lowest BCUT2D eigenvalue weighted by molar-refractivity contribution is -0.122. The Labute approximate surface area is 102 Å². The molecule has 1 amide bonds. The van der Waals surface area contributed by atoms with Gasteiger partial charge in [-0.15, -0.1) is 0 Å². The molecule has 3 nitrogen and oxygen atoms in total. The Morgan fingerprint density at radius 1 is 1.47 bits per heavy atom. The fourth-order valence-corrected chi connectivity index (χ4v) is 1.91. The van der Waals surface area contributed by atoms with Crippen molar-refractivity contribution >= 4 is 5.91 Å². The van der Waals surface area contributed by atoms with Gasteiger partial charge in [0.05, 0.1) is 7.11 Å². The number of benzene rings is 1. The number of carbonyl (C=O) groups is 1. The van der Waals surface area contributed by atoms with Crippen molar-refractivity contribution in [2.45, 2.75) is 26.2 Å². The summed E-state index contributed by atoms with van der Waals surface area (Å²) < 4.78 is 5.30. The Hall–Kier alpha value is -1.51. The second-order valence-corrected chi connectivity index (χ2v) is 4.63. The minimum Gasteiger partial charge on any atom is -0.496 e. The highest BCUT2D eigenvalue weighted by Crippen LogP contribution is 2.28. The molecule has 17 heavy (non-hydrogen) atoms. The van der Waals surface area contributed by atoms with E-state index in [-0.39, 0.29) is 11.8 Å². The lowest BCUT2D eigenvalue weighted by Gasteiger charge is -2.10. The largest absolute Gasteiger partial charge is 0.496 e. The Balaban J connectivity index is 1.88. The van der Waals surface area contributed by atoms with Gasteiger partial charge >= 0.3 is 0 Å². The lowest BCUT2D eigenvalue weighted by Crippen LogP contribution is -2.27. The molecule has 1 saturated carbocycles. The summed E-state index contributed by atoms with van der Waals surface area (Å²) in [5.41, 5.74) is 2.37. The van der Waals surface area contributed by atoms with Crippen molar-refractivity contribution in [3.63, 3.8) is 0 Å². The number of carbonyl (C=O) groups excluding carboxylic acids is 1. The number of methoxy groups -OCH3 is 1. The van der Waals surface area contributed by atoms with Crippen LogP contribution in [0.25, 0.3) is 0 Å². The zero-order valence-electron chi connectivity index (χ0n) is 10.5. The molecule has 92 valence electrons. The van der Waals surface area contributed by atoms with Crippen LogP contribution in [0, 0.1) is 12.8 Å². The van der Waals surface area contributed by atoms with Crippen molar-refractivity contribution < 1.29 is 9.53 Å². The summed E-state index contributed by atoms with van der Waals surface area (Å²) in [6.07, 6.45) is 2.93. The van der Waals surface area contributed by atoms with Crippen LogP contribution >= 0.6 is 0 Å². The van der Waals surface area contributed by atoms with Crippen LogP contribution in [-0.2, 0) is 11.2 Å². The number of aryl methyl sites for hydroxylation is 1. The van der Waals surface area contributed by atoms with Gasteiger partial charge in [-0.05, 0) is 37.8 Å². The van der Waals surface area contributed by atoms with E-state index in [0.29, 0.717) is 6.54 Å². The maximum Gasteiger partial charge on any atom is 0.223 e. The van der Waals surface area contributed by atoms with E-state index in [9.17, 15) is 4.79 Å². The van der Waals surface area contributed by atoms with E-state index in [0.717, 1.165) is 30.6 Å². The van der Waals surface area contributed by atoms with Crippen molar-refractivity contribution in [3.05, 3.63) is 29.3 Å². The number of hydrogen-bond acceptors (Lipinski definition) is 2. The Morgan fingerprint density at radius 3 is 2.88 bits per heavy atom. The van der Waals surface area contributed by atoms with Crippen molar-refractivity contribution in [2.75, 3.05) is 13.7 Å². The summed E-state index contributed by atoms with van der Waals surface area (Å²) in [5.74, 6) is 1.39. The molecule has 0 heterocycles. The quantitative estimate of drug-likeness (QED) is 0.845. The van der Waals surface area contributed by atoms with Crippen molar-refractivity contribution in [3.8, 4) is 5.75 Å².